The molecule has 0 N–H and O–H groups in total. The Balaban J connectivity index is 2.31. The molecular weight excluding hydrogens is 285 g/mol. The number of halogens is 4. The van der Waals surface area contributed by atoms with Gasteiger partial charge in [-0.15, -0.1) is 11.6 Å². The highest BCUT2D eigenvalue weighted by atomic mass is 79.9. The van der Waals surface area contributed by atoms with Crippen LogP contribution in [0.2, 0.25) is 0 Å². The van der Waals surface area contributed by atoms with Gasteiger partial charge in [-0.05, 0) is 52.7 Å². The van der Waals surface area contributed by atoms with Crippen LogP contribution in [0.25, 0.3) is 0 Å². The molecule has 1 aliphatic rings. The van der Waals surface area contributed by atoms with Crippen LogP contribution in [-0.2, 0) is 6.42 Å². The lowest BCUT2D eigenvalue weighted by Gasteiger charge is -2.13. The maximum atomic E-state index is 13.6. The fraction of sp³-hybridized carbons (Fsp3) is 0.455. The summed E-state index contributed by atoms with van der Waals surface area (Å²) >= 11 is 8.85. The molecule has 0 radical (unpaired) electrons. The Hall–Kier alpha value is -0.150. The van der Waals surface area contributed by atoms with Crippen molar-refractivity contribution in [1.29, 1.82) is 0 Å². The quantitative estimate of drug-likeness (QED) is 0.576. The molecule has 2 rings (SSSR count). The van der Waals surface area contributed by atoms with Crippen molar-refractivity contribution >= 4 is 27.5 Å². The Bertz CT molecular complexity index is 388. The van der Waals surface area contributed by atoms with Crippen molar-refractivity contribution in [3.8, 4) is 0 Å². The van der Waals surface area contributed by atoms with Gasteiger partial charge in [0.1, 0.15) is 11.6 Å². The monoisotopic (exact) mass is 294 g/mol. The molecule has 0 unspecified atom stereocenters. The van der Waals surface area contributed by atoms with E-state index in [4.69, 9.17) is 11.6 Å². The Morgan fingerprint density at radius 2 is 2.00 bits per heavy atom. The molecule has 1 fully saturated rings. The zero-order valence-electron chi connectivity index (χ0n) is 7.99. The predicted molar refractivity (Wildman–Crippen MR) is 60.1 cm³/mol. The van der Waals surface area contributed by atoms with Gasteiger partial charge in [-0.3, -0.25) is 0 Å². The second kappa shape index (κ2) is 4.02. The minimum Gasteiger partial charge on any atom is -0.207 e. The van der Waals surface area contributed by atoms with Crippen molar-refractivity contribution in [2.45, 2.75) is 19.3 Å². The van der Waals surface area contributed by atoms with Crippen molar-refractivity contribution in [1.82, 2.24) is 0 Å². The van der Waals surface area contributed by atoms with E-state index in [-0.39, 0.29) is 11.0 Å². The van der Waals surface area contributed by atoms with E-state index in [0.29, 0.717) is 16.8 Å². The third kappa shape index (κ3) is 2.18. The van der Waals surface area contributed by atoms with Crippen molar-refractivity contribution in [3.63, 3.8) is 0 Å². The molecule has 1 saturated carbocycles. The summed E-state index contributed by atoms with van der Waals surface area (Å²) in [5, 5.41) is 0. The minimum atomic E-state index is -0.494. The van der Waals surface area contributed by atoms with Crippen LogP contribution in [0.15, 0.2) is 16.6 Å². The fourth-order valence-corrected chi connectivity index (χ4v) is 2.37. The number of hydrogen-bond donors (Lipinski definition) is 0. The zero-order chi connectivity index (χ0) is 11.1. The van der Waals surface area contributed by atoms with E-state index in [9.17, 15) is 8.78 Å². The maximum absolute atomic E-state index is 13.6. The Labute approximate surface area is 101 Å². The summed E-state index contributed by atoms with van der Waals surface area (Å²) < 4.78 is 27.4. The molecule has 1 aromatic rings. The molecule has 0 nitrogen and oxygen atoms in total. The van der Waals surface area contributed by atoms with Crippen molar-refractivity contribution in [2.75, 3.05) is 5.88 Å². The highest BCUT2D eigenvalue weighted by molar-refractivity contribution is 9.10. The largest absolute Gasteiger partial charge is 0.207 e. The van der Waals surface area contributed by atoms with Crippen LogP contribution in [0.5, 0.6) is 0 Å². The van der Waals surface area contributed by atoms with Crippen molar-refractivity contribution in [2.24, 2.45) is 5.41 Å². The van der Waals surface area contributed by atoms with Gasteiger partial charge >= 0.3 is 0 Å². The molecule has 15 heavy (non-hydrogen) atoms. The number of alkyl halides is 1. The molecule has 0 aromatic heterocycles. The molecule has 82 valence electrons. The minimum absolute atomic E-state index is 0.0654. The highest BCUT2D eigenvalue weighted by Crippen LogP contribution is 2.50. The summed E-state index contributed by atoms with van der Waals surface area (Å²) in [6, 6.07) is 2.67. The van der Waals surface area contributed by atoms with Crippen LogP contribution in [0.4, 0.5) is 8.78 Å². The maximum Gasteiger partial charge on any atom is 0.143 e. The molecule has 0 spiro atoms. The molecule has 1 aliphatic carbocycles. The van der Waals surface area contributed by atoms with Crippen LogP contribution < -0.4 is 0 Å². The normalized spacial score (nSPS) is 17.9. The Morgan fingerprint density at radius 3 is 2.53 bits per heavy atom. The van der Waals surface area contributed by atoms with Gasteiger partial charge in [-0.2, -0.15) is 0 Å². The van der Waals surface area contributed by atoms with E-state index in [1.165, 1.54) is 12.1 Å². The molecular formula is C11H10BrClF2. The summed E-state index contributed by atoms with van der Waals surface area (Å²) in [6.07, 6.45) is 2.32. The molecule has 0 aliphatic heterocycles. The van der Waals surface area contributed by atoms with E-state index < -0.39 is 11.6 Å². The second-order valence-electron chi connectivity index (χ2n) is 4.13. The first-order valence-electron chi connectivity index (χ1n) is 4.76. The van der Waals surface area contributed by atoms with E-state index in [0.717, 1.165) is 12.8 Å². The van der Waals surface area contributed by atoms with Crippen molar-refractivity contribution in [3.05, 3.63) is 33.8 Å². The average molecular weight is 296 g/mol. The average Bonchev–Trinajstić information content (AvgIpc) is 3.00. The first-order chi connectivity index (χ1) is 7.08. The van der Waals surface area contributed by atoms with Crippen LogP contribution in [-0.4, -0.2) is 5.88 Å². The van der Waals surface area contributed by atoms with Crippen LogP contribution >= 0.6 is 27.5 Å². The predicted octanol–water partition coefficient (Wildman–Crippen LogP) is 4.29. The number of benzene rings is 1. The SMILES string of the molecule is Fc1ccc(Br)c(F)c1CC1(CCl)CC1. The van der Waals surface area contributed by atoms with E-state index in [1.807, 2.05) is 0 Å². The van der Waals surface area contributed by atoms with Crippen LogP contribution in [0.1, 0.15) is 18.4 Å². The van der Waals surface area contributed by atoms with Gasteiger partial charge in [0.15, 0.2) is 0 Å². The first kappa shape index (κ1) is 11.3. The van der Waals surface area contributed by atoms with Gasteiger partial charge in [0.25, 0.3) is 0 Å². The molecule has 0 bridgehead atoms. The summed E-state index contributed by atoms with van der Waals surface area (Å²) in [6.45, 7) is 0. The lowest BCUT2D eigenvalue weighted by Crippen LogP contribution is -2.10. The number of hydrogen-bond acceptors (Lipinski definition) is 0. The van der Waals surface area contributed by atoms with Gasteiger partial charge < -0.3 is 0 Å². The van der Waals surface area contributed by atoms with E-state index in [2.05, 4.69) is 15.9 Å². The first-order valence-corrected chi connectivity index (χ1v) is 6.09. The van der Waals surface area contributed by atoms with Gasteiger partial charge in [-0.1, -0.05) is 0 Å². The zero-order valence-corrected chi connectivity index (χ0v) is 10.3. The standard InChI is InChI=1S/C11H10BrClF2/c12-8-1-2-9(14)7(10(8)15)5-11(6-13)3-4-11/h1-2H,3-6H2. The number of rotatable bonds is 3. The summed E-state index contributed by atoms with van der Waals surface area (Å²) in [4.78, 5) is 0. The topological polar surface area (TPSA) is 0 Å². The van der Waals surface area contributed by atoms with Gasteiger partial charge in [0.2, 0.25) is 0 Å². The summed E-state index contributed by atoms with van der Waals surface area (Å²) in [5.41, 5.74) is 0.0897. The smallest absolute Gasteiger partial charge is 0.143 e. The van der Waals surface area contributed by atoms with E-state index >= 15 is 0 Å². The van der Waals surface area contributed by atoms with E-state index in [1.54, 1.807) is 0 Å². The second-order valence-corrected chi connectivity index (χ2v) is 5.25. The van der Waals surface area contributed by atoms with Gasteiger partial charge in [0.05, 0.1) is 4.47 Å². The Kier molecular flexibility index (Phi) is 3.04. The van der Waals surface area contributed by atoms with Crippen molar-refractivity contribution < 1.29 is 8.78 Å². The Morgan fingerprint density at radius 1 is 1.33 bits per heavy atom. The highest BCUT2D eigenvalue weighted by Gasteiger charge is 2.42. The summed E-state index contributed by atoms with van der Waals surface area (Å²) in [7, 11) is 0. The lowest BCUT2D eigenvalue weighted by atomic mass is 9.97. The van der Waals surface area contributed by atoms with Crippen LogP contribution in [0, 0.1) is 17.0 Å². The van der Waals surface area contributed by atoms with Crippen LogP contribution in [0.3, 0.4) is 0 Å². The molecule has 4 heteroatoms. The third-order valence-electron chi connectivity index (χ3n) is 2.93. The molecule has 0 atom stereocenters. The molecule has 1 aromatic carbocycles. The summed E-state index contributed by atoms with van der Waals surface area (Å²) in [5.74, 6) is -0.503. The lowest BCUT2D eigenvalue weighted by molar-refractivity contribution is 0.498. The van der Waals surface area contributed by atoms with Gasteiger partial charge in [0, 0.05) is 11.4 Å². The third-order valence-corrected chi connectivity index (χ3v) is 4.11. The fourth-order valence-electron chi connectivity index (χ4n) is 1.64. The van der Waals surface area contributed by atoms with Gasteiger partial charge in [-0.25, -0.2) is 8.78 Å². The molecule has 0 heterocycles. The molecule has 0 saturated heterocycles. The molecule has 0 amide bonds.